The van der Waals surface area contributed by atoms with Gasteiger partial charge in [0, 0.05) is 28.9 Å². The Kier molecular flexibility index (Phi) is 4.73. The van der Waals surface area contributed by atoms with E-state index in [1.165, 1.54) is 0 Å². The van der Waals surface area contributed by atoms with Crippen molar-refractivity contribution in [2.24, 2.45) is 0 Å². The van der Waals surface area contributed by atoms with Gasteiger partial charge in [0.15, 0.2) is 11.5 Å². The van der Waals surface area contributed by atoms with E-state index in [9.17, 15) is 9.59 Å². The average Bonchev–Trinajstić information content (AvgIpc) is 3.36. The summed E-state index contributed by atoms with van der Waals surface area (Å²) in [5.41, 5.74) is 3.19. The standard InChI is InChI=1S/C21H22N4O3/c1-12(2)20-25-17-11-16(9-10-18(17)28-20)22-19(26)13-3-5-14(6-4-13)23-21(27)24-15-7-8-15/h3-6,9-12,15H,7-8H2,1-2H3,(H,22,26)(H2,23,24,27). The number of benzene rings is 2. The fourth-order valence-electron chi connectivity index (χ4n) is 2.76. The van der Waals surface area contributed by atoms with Crippen LogP contribution in [0.15, 0.2) is 46.9 Å². The first-order valence-corrected chi connectivity index (χ1v) is 9.37. The van der Waals surface area contributed by atoms with Gasteiger partial charge in [-0.25, -0.2) is 9.78 Å². The molecule has 3 N–H and O–H groups in total. The molecule has 28 heavy (non-hydrogen) atoms. The molecule has 0 saturated heterocycles. The lowest BCUT2D eigenvalue weighted by Gasteiger charge is -2.08. The Hall–Kier alpha value is -3.35. The number of urea groups is 1. The number of aromatic nitrogens is 1. The number of oxazole rings is 1. The van der Waals surface area contributed by atoms with Crippen molar-refractivity contribution in [2.45, 2.75) is 38.6 Å². The minimum Gasteiger partial charge on any atom is -0.440 e. The predicted molar refractivity (Wildman–Crippen MR) is 108 cm³/mol. The number of amides is 3. The van der Waals surface area contributed by atoms with Gasteiger partial charge in [-0.15, -0.1) is 0 Å². The minimum atomic E-state index is -0.235. The molecule has 0 spiro atoms. The van der Waals surface area contributed by atoms with Gasteiger partial charge in [-0.05, 0) is 55.3 Å². The maximum atomic E-state index is 12.5. The van der Waals surface area contributed by atoms with Gasteiger partial charge in [-0.2, -0.15) is 0 Å². The van der Waals surface area contributed by atoms with Gasteiger partial charge in [-0.3, -0.25) is 4.79 Å². The molecule has 7 nitrogen and oxygen atoms in total. The van der Waals surface area contributed by atoms with E-state index in [-0.39, 0.29) is 17.9 Å². The number of nitrogens with zero attached hydrogens (tertiary/aromatic N) is 1. The monoisotopic (exact) mass is 378 g/mol. The van der Waals surface area contributed by atoms with Gasteiger partial charge in [0.25, 0.3) is 5.91 Å². The van der Waals surface area contributed by atoms with Crippen molar-refractivity contribution in [2.75, 3.05) is 10.6 Å². The van der Waals surface area contributed by atoms with E-state index in [1.807, 2.05) is 13.8 Å². The smallest absolute Gasteiger partial charge is 0.319 e. The summed E-state index contributed by atoms with van der Waals surface area (Å²) in [6.07, 6.45) is 2.07. The fourth-order valence-corrected chi connectivity index (χ4v) is 2.76. The zero-order valence-electron chi connectivity index (χ0n) is 15.8. The van der Waals surface area contributed by atoms with Gasteiger partial charge in [0.2, 0.25) is 0 Å². The topological polar surface area (TPSA) is 96.3 Å². The summed E-state index contributed by atoms with van der Waals surface area (Å²) in [4.78, 5) is 28.7. The molecule has 1 aliphatic rings. The Balaban J connectivity index is 1.41. The fraction of sp³-hybridized carbons (Fsp3) is 0.286. The largest absolute Gasteiger partial charge is 0.440 e. The number of carbonyl (C=O) groups excluding carboxylic acids is 2. The predicted octanol–water partition coefficient (Wildman–Crippen LogP) is 4.49. The molecular formula is C21H22N4O3. The SMILES string of the molecule is CC(C)c1nc2cc(NC(=O)c3ccc(NC(=O)NC4CC4)cc3)ccc2o1. The van der Waals surface area contributed by atoms with Crippen LogP contribution in [0.3, 0.4) is 0 Å². The van der Waals surface area contributed by atoms with Crippen LogP contribution in [0, 0.1) is 0 Å². The third-order valence-corrected chi connectivity index (χ3v) is 4.47. The van der Waals surface area contributed by atoms with Crippen molar-refractivity contribution in [3.8, 4) is 0 Å². The molecule has 0 unspecified atom stereocenters. The van der Waals surface area contributed by atoms with E-state index in [4.69, 9.17) is 4.42 Å². The second kappa shape index (κ2) is 7.34. The molecule has 3 amide bonds. The van der Waals surface area contributed by atoms with Crippen LogP contribution in [-0.4, -0.2) is 23.0 Å². The van der Waals surface area contributed by atoms with Crippen molar-refractivity contribution in [3.63, 3.8) is 0 Å². The zero-order valence-corrected chi connectivity index (χ0v) is 15.8. The summed E-state index contributed by atoms with van der Waals surface area (Å²) >= 11 is 0. The van der Waals surface area contributed by atoms with Crippen LogP contribution in [0.2, 0.25) is 0 Å². The van der Waals surface area contributed by atoms with Crippen LogP contribution < -0.4 is 16.0 Å². The lowest BCUT2D eigenvalue weighted by molar-refractivity contribution is 0.102. The summed E-state index contributed by atoms with van der Waals surface area (Å²) in [5, 5.41) is 8.48. The van der Waals surface area contributed by atoms with Gasteiger partial charge >= 0.3 is 6.03 Å². The molecule has 144 valence electrons. The Morgan fingerprint density at radius 3 is 2.43 bits per heavy atom. The maximum Gasteiger partial charge on any atom is 0.319 e. The quantitative estimate of drug-likeness (QED) is 0.609. The average molecular weight is 378 g/mol. The molecule has 1 aliphatic carbocycles. The number of hydrogen-bond acceptors (Lipinski definition) is 4. The Morgan fingerprint density at radius 1 is 1.04 bits per heavy atom. The van der Waals surface area contributed by atoms with E-state index in [2.05, 4.69) is 20.9 Å². The summed E-state index contributed by atoms with van der Waals surface area (Å²) < 4.78 is 5.68. The molecule has 4 rings (SSSR count). The molecular weight excluding hydrogens is 356 g/mol. The van der Waals surface area contributed by atoms with E-state index in [0.717, 1.165) is 12.8 Å². The highest BCUT2D eigenvalue weighted by molar-refractivity contribution is 6.05. The van der Waals surface area contributed by atoms with Crippen LogP contribution in [0.5, 0.6) is 0 Å². The number of anilines is 2. The first-order valence-electron chi connectivity index (χ1n) is 9.37. The van der Waals surface area contributed by atoms with Crippen LogP contribution in [-0.2, 0) is 0 Å². The Bertz CT molecular complexity index is 1020. The van der Waals surface area contributed by atoms with Crippen LogP contribution in [0.1, 0.15) is 48.9 Å². The highest BCUT2D eigenvalue weighted by atomic mass is 16.3. The first kappa shape index (κ1) is 18.0. The molecule has 0 aliphatic heterocycles. The summed E-state index contributed by atoms with van der Waals surface area (Å²) in [6.45, 7) is 4.03. The molecule has 1 aromatic heterocycles. The molecule has 0 radical (unpaired) electrons. The second-order valence-corrected chi connectivity index (χ2v) is 7.29. The van der Waals surface area contributed by atoms with Gasteiger partial charge in [0.05, 0.1) is 0 Å². The van der Waals surface area contributed by atoms with Crippen molar-refractivity contribution in [1.82, 2.24) is 10.3 Å². The van der Waals surface area contributed by atoms with Crippen LogP contribution >= 0.6 is 0 Å². The van der Waals surface area contributed by atoms with Gasteiger partial charge < -0.3 is 20.4 Å². The van der Waals surface area contributed by atoms with Gasteiger partial charge in [-0.1, -0.05) is 13.8 Å². The number of fused-ring (bicyclic) bond motifs is 1. The molecule has 1 fully saturated rings. The summed E-state index contributed by atoms with van der Waals surface area (Å²) in [7, 11) is 0. The number of nitrogens with one attached hydrogen (secondary N) is 3. The van der Waals surface area contributed by atoms with Crippen LogP contribution in [0.4, 0.5) is 16.2 Å². The van der Waals surface area contributed by atoms with E-state index < -0.39 is 0 Å². The molecule has 1 heterocycles. The second-order valence-electron chi connectivity index (χ2n) is 7.29. The van der Waals surface area contributed by atoms with E-state index in [1.54, 1.807) is 42.5 Å². The third-order valence-electron chi connectivity index (χ3n) is 4.47. The third kappa shape index (κ3) is 4.14. The lowest BCUT2D eigenvalue weighted by atomic mass is 10.2. The minimum absolute atomic E-state index is 0.198. The van der Waals surface area contributed by atoms with Crippen molar-refractivity contribution in [3.05, 3.63) is 53.9 Å². The molecule has 3 aromatic rings. The van der Waals surface area contributed by atoms with Crippen molar-refractivity contribution in [1.29, 1.82) is 0 Å². The normalized spacial score (nSPS) is 13.5. The number of carbonyl (C=O) groups is 2. The molecule has 0 atom stereocenters. The van der Waals surface area contributed by atoms with Crippen molar-refractivity contribution < 1.29 is 14.0 Å². The van der Waals surface area contributed by atoms with E-state index >= 15 is 0 Å². The first-order chi connectivity index (χ1) is 13.5. The maximum absolute atomic E-state index is 12.5. The molecule has 0 bridgehead atoms. The van der Waals surface area contributed by atoms with Gasteiger partial charge in [0.1, 0.15) is 5.52 Å². The lowest BCUT2D eigenvalue weighted by Crippen LogP contribution is -2.30. The number of hydrogen-bond donors (Lipinski definition) is 3. The molecule has 7 heteroatoms. The molecule has 2 aromatic carbocycles. The van der Waals surface area contributed by atoms with Crippen molar-refractivity contribution >= 4 is 34.4 Å². The Labute approximate surface area is 162 Å². The van der Waals surface area contributed by atoms with E-state index in [0.29, 0.717) is 40.0 Å². The molecule has 1 saturated carbocycles. The Morgan fingerprint density at radius 2 is 1.75 bits per heavy atom. The highest BCUT2D eigenvalue weighted by Crippen LogP contribution is 2.24. The summed E-state index contributed by atoms with van der Waals surface area (Å²) in [6, 6.07) is 12.2. The van der Waals surface area contributed by atoms with Crippen LogP contribution in [0.25, 0.3) is 11.1 Å². The summed E-state index contributed by atoms with van der Waals surface area (Å²) in [5.74, 6) is 0.636. The highest BCUT2D eigenvalue weighted by Gasteiger charge is 2.23. The number of rotatable bonds is 5. The zero-order chi connectivity index (χ0) is 19.7.